The number of non-ortho nitro benzene ring substituents is 1. The highest BCUT2D eigenvalue weighted by Crippen LogP contribution is 2.40. The van der Waals surface area contributed by atoms with Gasteiger partial charge in [0.15, 0.2) is 5.69 Å². The summed E-state index contributed by atoms with van der Waals surface area (Å²) >= 11 is 0. The minimum atomic E-state index is -0.810. The van der Waals surface area contributed by atoms with E-state index in [4.69, 9.17) is 0 Å². The standard InChI is InChI=1S/C20H14N4O5/c1-23-16-9-7-12(24(28)29)10-15(16)17(20(23)27)21-22-19(26)14-8-6-11-4-2-3-5-13(11)18(14)25/h2-10,25,27H,1H3. The van der Waals surface area contributed by atoms with E-state index in [1.165, 1.54) is 28.8 Å². The zero-order valence-electron chi connectivity index (χ0n) is 15.1. The Balaban J connectivity index is 1.78. The van der Waals surface area contributed by atoms with Gasteiger partial charge in [0, 0.05) is 30.0 Å². The van der Waals surface area contributed by atoms with Gasteiger partial charge in [-0.3, -0.25) is 14.9 Å². The number of aryl methyl sites for hydroxylation is 1. The molecule has 3 aromatic carbocycles. The Morgan fingerprint density at radius 3 is 2.59 bits per heavy atom. The Hall–Kier alpha value is -4.27. The maximum atomic E-state index is 12.5. The van der Waals surface area contributed by atoms with Crippen LogP contribution in [0.15, 0.2) is 64.8 Å². The van der Waals surface area contributed by atoms with Gasteiger partial charge in [-0.05, 0) is 17.5 Å². The van der Waals surface area contributed by atoms with E-state index in [1.54, 1.807) is 31.3 Å². The molecule has 0 bridgehead atoms. The van der Waals surface area contributed by atoms with Crippen LogP contribution in [-0.2, 0) is 7.05 Å². The number of phenols is 1. The lowest BCUT2D eigenvalue weighted by Gasteiger charge is -2.04. The molecule has 2 N–H and O–H groups in total. The molecule has 0 spiro atoms. The highest BCUT2D eigenvalue weighted by atomic mass is 16.6. The highest BCUT2D eigenvalue weighted by molar-refractivity contribution is 6.04. The summed E-state index contributed by atoms with van der Waals surface area (Å²) in [6, 6.07) is 14.2. The molecule has 29 heavy (non-hydrogen) atoms. The number of amides is 1. The van der Waals surface area contributed by atoms with Crippen LogP contribution in [0.2, 0.25) is 0 Å². The number of nitro groups is 1. The van der Waals surface area contributed by atoms with Gasteiger partial charge >= 0.3 is 0 Å². The topological polar surface area (TPSA) is 130 Å². The summed E-state index contributed by atoms with van der Waals surface area (Å²) in [5.74, 6) is -1.32. The second-order valence-electron chi connectivity index (χ2n) is 6.38. The first-order chi connectivity index (χ1) is 13.9. The number of aromatic nitrogens is 1. The van der Waals surface area contributed by atoms with Crippen molar-refractivity contribution in [3.8, 4) is 11.6 Å². The number of nitro benzene ring substituents is 1. The van der Waals surface area contributed by atoms with E-state index in [0.717, 1.165) is 5.39 Å². The van der Waals surface area contributed by atoms with Gasteiger partial charge in [-0.1, -0.05) is 30.3 Å². The molecular formula is C20H14N4O5. The van der Waals surface area contributed by atoms with E-state index in [9.17, 15) is 25.1 Å². The molecule has 0 saturated carbocycles. The minimum absolute atomic E-state index is 0.0434. The van der Waals surface area contributed by atoms with E-state index in [0.29, 0.717) is 10.9 Å². The number of hydrogen-bond donors (Lipinski definition) is 2. The zero-order valence-corrected chi connectivity index (χ0v) is 15.1. The van der Waals surface area contributed by atoms with Crippen molar-refractivity contribution < 1.29 is 19.9 Å². The Bertz CT molecular complexity index is 1340. The number of benzene rings is 3. The van der Waals surface area contributed by atoms with E-state index < -0.39 is 10.8 Å². The quantitative estimate of drug-likeness (QED) is 0.300. The number of aromatic hydroxyl groups is 2. The molecule has 1 aromatic heterocycles. The second kappa shape index (κ2) is 6.71. The molecule has 144 valence electrons. The van der Waals surface area contributed by atoms with E-state index in [2.05, 4.69) is 10.2 Å². The fourth-order valence-electron chi connectivity index (χ4n) is 3.19. The van der Waals surface area contributed by atoms with E-state index in [1.807, 2.05) is 6.07 Å². The summed E-state index contributed by atoms with van der Waals surface area (Å²) in [7, 11) is 1.56. The number of fused-ring (bicyclic) bond motifs is 2. The Kier molecular flexibility index (Phi) is 4.19. The van der Waals surface area contributed by atoms with Crippen molar-refractivity contribution in [1.29, 1.82) is 0 Å². The number of phenolic OH excluding ortho intramolecular Hbond substituents is 1. The van der Waals surface area contributed by atoms with Crippen molar-refractivity contribution in [3.05, 3.63) is 70.3 Å². The smallest absolute Gasteiger partial charge is 0.299 e. The van der Waals surface area contributed by atoms with Gasteiger partial charge in [0.1, 0.15) is 5.75 Å². The molecule has 0 saturated heterocycles. The first kappa shape index (κ1) is 18.1. The number of rotatable bonds is 3. The largest absolute Gasteiger partial charge is 0.506 e. The predicted octanol–water partition coefficient (Wildman–Crippen LogP) is 4.58. The van der Waals surface area contributed by atoms with Crippen molar-refractivity contribution in [2.24, 2.45) is 17.3 Å². The van der Waals surface area contributed by atoms with E-state index >= 15 is 0 Å². The number of azo groups is 1. The Morgan fingerprint density at radius 2 is 1.83 bits per heavy atom. The molecule has 1 amide bonds. The average molecular weight is 390 g/mol. The van der Waals surface area contributed by atoms with Crippen LogP contribution in [0.5, 0.6) is 11.6 Å². The molecule has 4 rings (SSSR count). The van der Waals surface area contributed by atoms with Gasteiger partial charge < -0.3 is 14.8 Å². The van der Waals surface area contributed by atoms with Crippen LogP contribution in [0.1, 0.15) is 10.4 Å². The molecule has 4 aromatic rings. The fraction of sp³-hybridized carbons (Fsp3) is 0.0500. The summed E-state index contributed by atoms with van der Waals surface area (Å²) in [5, 5.41) is 40.7. The molecule has 0 fully saturated rings. The normalized spacial score (nSPS) is 11.5. The molecule has 9 heteroatoms. The van der Waals surface area contributed by atoms with Crippen molar-refractivity contribution in [1.82, 2.24) is 4.57 Å². The first-order valence-electron chi connectivity index (χ1n) is 8.51. The molecular weight excluding hydrogens is 376 g/mol. The van der Waals surface area contributed by atoms with Crippen molar-refractivity contribution >= 4 is 39.0 Å². The van der Waals surface area contributed by atoms with Crippen LogP contribution in [0.25, 0.3) is 21.7 Å². The third-order valence-corrected chi connectivity index (χ3v) is 4.71. The van der Waals surface area contributed by atoms with Gasteiger partial charge in [-0.15, -0.1) is 10.2 Å². The van der Waals surface area contributed by atoms with Crippen LogP contribution in [0.3, 0.4) is 0 Å². The number of carbonyl (C=O) groups is 1. The lowest BCUT2D eigenvalue weighted by Crippen LogP contribution is -1.95. The summed E-state index contributed by atoms with van der Waals surface area (Å²) in [5.41, 5.74) is 0.194. The zero-order chi connectivity index (χ0) is 20.7. The molecule has 1 heterocycles. The van der Waals surface area contributed by atoms with Crippen LogP contribution in [0, 0.1) is 10.1 Å². The fourth-order valence-corrected chi connectivity index (χ4v) is 3.19. The van der Waals surface area contributed by atoms with Crippen LogP contribution < -0.4 is 0 Å². The number of hydrogen-bond acceptors (Lipinski definition) is 6. The van der Waals surface area contributed by atoms with Crippen molar-refractivity contribution in [2.45, 2.75) is 0 Å². The van der Waals surface area contributed by atoms with Crippen LogP contribution in [0.4, 0.5) is 11.4 Å². The SMILES string of the molecule is Cn1c(O)c(N=NC(=O)c2ccc3ccccc3c2O)c2cc([N+](=O)[O-])ccc21. The summed E-state index contributed by atoms with van der Waals surface area (Å²) < 4.78 is 1.38. The van der Waals surface area contributed by atoms with E-state index in [-0.39, 0.29) is 34.0 Å². The van der Waals surface area contributed by atoms with Gasteiger partial charge in [-0.2, -0.15) is 0 Å². The molecule has 0 aliphatic heterocycles. The highest BCUT2D eigenvalue weighted by Gasteiger charge is 2.19. The first-order valence-corrected chi connectivity index (χ1v) is 8.51. The molecule has 0 atom stereocenters. The van der Waals surface area contributed by atoms with Gasteiger partial charge in [0.25, 0.3) is 11.6 Å². The third kappa shape index (κ3) is 2.94. The molecule has 0 aliphatic rings. The maximum absolute atomic E-state index is 12.5. The molecule has 0 radical (unpaired) electrons. The van der Waals surface area contributed by atoms with Crippen molar-refractivity contribution in [2.75, 3.05) is 0 Å². The monoisotopic (exact) mass is 390 g/mol. The predicted molar refractivity (Wildman–Crippen MR) is 106 cm³/mol. The summed E-state index contributed by atoms with van der Waals surface area (Å²) in [4.78, 5) is 23.0. The van der Waals surface area contributed by atoms with Crippen molar-refractivity contribution in [3.63, 3.8) is 0 Å². The van der Waals surface area contributed by atoms with Gasteiger partial charge in [-0.25, -0.2) is 0 Å². The number of nitrogens with zero attached hydrogens (tertiary/aromatic N) is 4. The average Bonchev–Trinajstić information content (AvgIpc) is 2.96. The lowest BCUT2D eigenvalue weighted by molar-refractivity contribution is -0.384. The van der Waals surface area contributed by atoms with Gasteiger partial charge in [0.2, 0.25) is 5.88 Å². The van der Waals surface area contributed by atoms with Crippen LogP contribution in [-0.4, -0.2) is 25.6 Å². The third-order valence-electron chi connectivity index (χ3n) is 4.71. The Morgan fingerprint density at radius 1 is 1.07 bits per heavy atom. The summed E-state index contributed by atoms with van der Waals surface area (Å²) in [6.45, 7) is 0. The van der Waals surface area contributed by atoms with Crippen LogP contribution >= 0.6 is 0 Å². The maximum Gasteiger partial charge on any atom is 0.299 e. The Labute approximate surface area is 163 Å². The second-order valence-corrected chi connectivity index (χ2v) is 6.38. The number of carbonyl (C=O) groups excluding carboxylic acids is 1. The van der Waals surface area contributed by atoms with Gasteiger partial charge in [0.05, 0.1) is 16.0 Å². The lowest BCUT2D eigenvalue weighted by atomic mass is 10.1. The molecule has 0 unspecified atom stereocenters. The minimum Gasteiger partial charge on any atom is -0.506 e. The molecule has 0 aliphatic carbocycles. The molecule has 9 nitrogen and oxygen atoms in total. The summed E-state index contributed by atoms with van der Waals surface area (Å²) in [6.07, 6.45) is 0.